The van der Waals surface area contributed by atoms with Gasteiger partial charge in [0.25, 0.3) is 0 Å². The second-order valence-corrected chi connectivity index (χ2v) is 25.5. The number of benzene rings is 12. The molecule has 2 aliphatic rings. The van der Waals surface area contributed by atoms with Gasteiger partial charge in [0, 0.05) is 96.7 Å². The van der Waals surface area contributed by atoms with E-state index in [1.807, 2.05) is 22.7 Å². The number of fused-ring (bicyclic) bond motifs is 10. The lowest BCUT2D eigenvalue weighted by Crippen LogP contribution is -2.30. The Morgan fingerprint density at radius 2 is 0.583 bits per heavy atom. The van der Waals surface area contributed by atoms with E-state index in [9.17, 15) is 0 Å². The van der Waals surface area contributed by atoms with Gasteiger partial charge in [-0.15, -0.1) is 22.7 Å². The molecule has 0 aliphatic carbocycles. The molecule has 2 aromatic heterocycles. The number of para-hydroxylation sites is 4. The van der Waals surface area contributed by atoms with Gasteiger partial charge in [-0.2, -0.15) is 0 Å². The summed E-state index contributed by atoms with van der Waals surface area (Å²) in [6.45, 7) is 9.50. The first-order valence-corrected chi connectivity index (χ1v) is 30.6. The highest BCUT2D eigenvalue weighted by Gasteiger charge is 2.39. The summed E-state index contributed by atoms with van der Waals surface area (Å²) in [5.74, 6) is 0. The smallest absolute Gasteiger partial charge is 0.0504 e. The summed E-state index contributed by atoms with van der Waals surface area (Å²) < 4.78 is 5.18. The van der Waals surface area contributed by atoms with Gasteiger partial charge in [0.1, 0.15) is 0 Å². The molecule has 0 saturated carbocycles. The minimum Gasteiger partial charge on any atom is -0.310 e. The first-order valence-electron chi connectivity index (χ1n) is 29.0. The molecule has 0 atom stereocenters. The molecule has 14 aromatic rings. The predicted molar refractivity (Wildman–Crippen MR) is 361 cm³/mol. The quantitative estimate of drug-likeness (QED) is 0.143. The summed E-state index contributed by atoms with van der Waals surface area (Å²) in [5.41, 5.74) is 20.7. The molecule has 6 heteroatoms. The zero-order chi connectivity index (χ0) is 56.3. The van der Waals surface area contributed by atoms with Crippen LogP contribution in [0.2, 0.25) is 0 Å². The highest BCUT2D eigenvalue weighted by Crippen LogP contribution is 2.56. The minimum absolute atomic E-state index is 0.269. The lowest BCUT2D eigenvalue weighted by molar-refractivity contribution is 0.632. The average Bonchev–Trinajstić information content (AvgIpc) is 1.31. The molecule has 2 aliphatic heterocycles. The molecule has 0 amide bonds. The van der Waals surface area contributed by atoms with E-state index in [1.54, 1.807) is 0 Å². The molecular weight excluding hydrogens is 1060 g/mol. The normalized spacial score (nSPS) is 13.9. The van der Waals surface area contributed by atoms with Crippen LogP contribution in [0.3, 0.4) is 0 Å². The van der Waals surface area contributed by atoms with Crippen LogP contribution in [0.1, 0.15) is 49.9 Å². The Morgan fingerprint density at radius 3 is 1.01 bits per heavy atom. The Bertz CT molecular complexity index is 4560. The lowest BCUT2D eigenvalue weighted by Gasteiger charge is -2.42. The van der Waals surface area contributed by atoms with E-state index in [4.69, 9.17) is 0 Å². The molecular formula is C78H58N4S2. The fourth-order valence-electron chi connectivity index (χ4n) is 13.6. The van der Waals surface area contributed by atoms with E-state index >= 15 is 0 Å². The van der Waals surface area contributed by atoms with Crippen LogP contribution in [0.4, 0.5) is 68.2 Å². The summed E-state index contributed by atoms with van der Waals surface area (Å²) in [7, 11) is 0. The molecule has 402 valence electrons. The average molecular weight is 1120 g/mol. The van der Waals surface area contributed by atoms with Crippen LogP contribution in [0.25, 0.3) is 51.5 Å². The summed E-state index contributed by atoms with van der Waals surface area (Å²) in [6.07, 6.45) is 0. The maximum Gasteiger partial charge on any atom is 0.0504 e. The summed E-state index contributed by atoms with van der Waals surface area (Å²) in [4.78, 5) is 9.77. The Hall–Kier alpha value is -9.72. The Balaban J connectivity index is 0.802. The second kappa shape index (κ2) is 19.5. The zero-order valence-electron chi connectivity index (χ0n) is 47.2. The van der Waals surface area contributed by atoms with Crippen molar-refractivity contribution in [1.82, 2.24) is 0 Å². The largest absolute Gasteiger partial charge is 0.310 e. The number of hydrogen-bond acceptors (Lipinski definition) is 6. The molecule has 0 spiro atoms. The van der Waals surface area contributed by atoms with Crippen LogP contribution in [0.5, 0.6) is 0 Å². The highest BCUT2D eigenvalue weighted by molar-refractivity contribution is 7.26. The number of hydrogen-bond donors (Lipinski definition) is 0. The van der Waals surface area contributed by atoms with Gasteiger partial charge in [-0.05, 0) is 179 Å². The van der Waals surface area contributed by atoms with Gasteiger partial charge < -0.3 is 19.6 Å². The first-order chi connectivity index (χ1) is 41.2. The van der Waals surface area contributed by atoms with Gasteiger partial charge in [-0.25, -0.2) is 0 Å². The maximum atomic E-state index is 2.45. The minimum atomic E-state index is -0.269. The summed E-state index contributed by atoms with van der Waals surface area (Å²) in [6, 6.07) is 104. The third kappa shape index (κ3) is 8.00. The number of nitrogens with zero attached hydrogens (tertiary/aromatic N) is 4. The van der Waals surface area contributed by atoms with Crippen molar-refractivity contribution in [1.29, 1.82) is 0 Å². The van der Waals surface area contributed by atoms with Crippen LogP contribution in [0.15, 0.2) is 279 Å². The second-order valence-electron chi connectivity index (χ2n) is 23.4. The molecule has 0 radical (unpaired) electrons. The van der Waals surface area contributed by atoms with Gasteiger partial charge in [0.15, 0.2) is 0 Å². The number of anilines is 12. The lowest BCUT2D eigenvalue weighted by atomic mass is 9.73. The van der Waals surface area contributed by atoms with Crippen molar-refractivity contribution >= 4 is 131 Å². The predicted octanol–water partition coefficient (Wildman–Crippen LogP) is 23.2. The Labute approximate surface area is 498 Å². The molecule has 4 heterocycles. The molecule has 0 bridgehead atoms. The van der Waals surface area contributed by atoms with E-state index in [-0.39, 0.29) is 10.8 Å². The highest BCUT2D eigenvalue weighted by atomic mass is 32.1. The van der Waals surface area contributed by atoms with Crippen molar-refractivity contribution in [2.24, 2.45) is 0 Å². The van der Waals surface area contributed by atoms with Gasteiger partial charge in [-0.3, -0.25) is 0 Å². The third-order valence-electron chi connectivity index (χ3n) is 17.8. The van der Waals surface area contributed by atoms with Crippen molar-refractivity contribution in [3.63, 3.8) is 0 Å². The van der Waals surface area contributed by atoms with Gasteiger partial charge in [0.05, 0.1) is 22.7 Å². The zero-order valence-corrected chi connectivity index (χ0v) is 48.8. The molecule has 12 aromatic carbocycles. The van der Waals surface area contributed by atoms with E-state index in [0.29, 0.717) is 0 Å². The van der Waals surface area contributed by atoms with Crippen molar-refractivity contribution in [2.75, 3.05) is 19.6 Å². The Morgan fingerprint density at radius 1 is 0.262 bits per heavy atom. The van der Waals surface area contributed by atoms with Crippen LogP contribution >= 0.6 is 22.7 Å². The van der Waals surface area contributed by atoms with Crippen molar-refractivity contribution in [2.45, 2.75) is 38.5 Å². The van der Waals surface area contributed by atoms with E-state index in [0.717, 1.165) is 56.6 Å². The molecule has 0 unspecified atom stereocenters. The third-order valence-corrected chi connectivity index (χ3v) is 20.1. The molecule has 16 rings (SSSR count). The molecule has 0 N–H and O–H groups in total. The molecule has 84 heavy (non-hydrogen) atoms. The van der Waals surface area contributed by atoms with Gasteiger partial charge >= 0.3 is 0 Å². The monoisotopic (exact) mass is 1110 g/mol. The first kappa shape index (κ1) is 50.0. The Kier molecular flexibility index (Phi) is 11.6. The number of thiophene rings is 2. The van der Waals surface area contributed by atoms with Crippen LogP contribution in [-0.2, 0) is 10.8 Å². The topological polar surface area (TPSA) is 13.0 Å². The van der Waals surface area contributed by atoms with Gasteiger partial charge in [0.2, 0.25) is 0 Å². The van der Waals surface area contributed by atoms with Crippen LogP contribution in [0, 0.1) is 0 Å². The van der Waals surface area contributed by atoms with Crippen molar-refractivity contribution < 1.29 is 0 Å². The van der Waals surface area contributed by atoms with Crippen molar-refractivity contribution in [3.05, 3.63) is 301 Å². The molecule has 0 saturated heterocycles. The standard InChI is InChI=1S/C78H58N4S2/c1-77(2)65-25-13-15-27-69(65)81(53-19-7-5-8-20-53)71-43-39-59(49-67(71)77)79(57-41-45-75-63(47-57)61-23-11-17-29-73(61)83-75)55-35-31-51(32-36-55)52-33-37-56(38-34-52)80(58-42-46-76-64(48-58)62-24-12-18-30-74(62)84-76)60-40-44-72-68(50-60)78(3,4)66-26-14-16-28-70(66)82(72)54-21-9-6-10-22-54/h5-50H,1-4H3. The SMILES string of the molecule is CC1(C)c2ccccc2N(c2ccccc2)c2ccc(N(c3ccc(-c4ccc(N(c5ccc6c(c5)C(C)(C)c5ccccc5N6c5ccccc5)c5ccc6sc7ccccc7c6c5)cc4)cc3)c3ccc4sc5ccccc5c4c3)cc21. The fraction of sp³-hybridized carbons (Fsp3) is 0.0769. The van der Waals surface area contributed by atoms with E-state index in [2.05, 4.69) is 326 Å². The van der Waals surface area contributed by atoms with Crippen LogP contribution < -0.4 is 19.6 Å². The summed E-state index contributed by atoms with van der Waals surface area (Å²) in [5, 5.41) is 5.12. The van der Waals surface area contributed by atoms with E-state index in [1.165, 1.54) is 85.3 Å². The fourth-order valence-corrected chi connectivity index (χ4v) is 15.8. The number of rotatable bonds is 9. The van der Waals surface area contributed by atoms with Crippen LogP contribution in [-0.4, -0.2) is 0 Å². The van der Waals surface area contributed by atoms with Gasteiger partial charge in [-0.1, -0.05) is 161 Å². The maximum absolute atomic E-state index is 2.45. The van der Waals surface area contributed by atoms with E-state index < -0.39 is 0 Å². The van der Waals surface area contributed by atoms with Crippen molar-refractivity contribution in [3.8, 4) is 11.1 Å². The molecule has 0 fully saturated rings. The molecule has 4 nitrogen and oxygen atoms in total. The summed E-state index contributed by atoms with van der Waals surface area (Å²) >= 11 is 3.72.